The van der Waals surface area contributed by atoms with E-state index in [0.717, 1.165) is 29.9 Å². The first kappa shape index (κ1) is 22.4. The van der Waals surface area contributed by atoms with Crippen LogP contribution in [0.4, 0.5) is 14.6 Å². The maximum atomic E-state index is 14.2. The number of benzene rings is 1. The van der Waals surface area contributed by atoms with Gasteiger partial charge < -0.3 is 20.9 Å². The first-order chi connectivity index (χ1) is 15.3. The number of nitrogens with one attached hydrogen (secondary N) is 1. The number of pyridine rings is 2. The zero-order chi connectivity index (χ0) is 22.8. The van der Waals surface area contributed by atoms with E-state index in [-0.39, 0.29) is 34.2 Å². The van der Waals surface area contributed by atoms with Crippen molar-refractivity contribution >= 4 is 17.4 Å². The summed E-state index contributed by atoms with van der Waals surface area (Å²) in [4.78, 5) is 8.71. The van der Waals surface area contributed by atoms with Gasteiger partial charge in [0.25, 0.3) is 0 Å². The van der Waals surface area contributed by atoms with Gasteiger partial charge in [0.05, 0.1) is 11.1 Å². The van der Waals surface area contributed by atoms with Crippen LogP contribution in [0.2, 0.25) is 5.02 Å². The van der Waals surface area contributed by atoms with Crippen molar-refractivity contribution in [2.45, 2.75) is 31.5 Å². The zero-order valence-electron chi connectivity index (χ0n) is 17.4. The molecule has 3 atom stereocenters. The summed E-state index contributed by atoms with van der Waals surface area (Å²) in [5, 5.41) is 12.7. The molecule has 9 heteroatoms. The third-order valence-electron chi connectivity index (χ3n) is 5.54. The van der Waals surface area contributed by atoms with Crippen molar-refractivity contribution in [3.05, 3.63) is 70.6 Å². The van der Waals surface area contributed by atoms with Crippen LogP contribution in [0.1, 0.15) is 36.6 Å². The van der Waals surface area contributed by atoms with Crippen LogP contribution < -0.4 is 15.8 Å². The van der Waals surface area contributed by atoms with Gasteiger partial charge in [-0.15, -0.1) is 0 Å². The fraction of sp³-hybridized carbons (Fsp3) is 0.304. The van der Waals surface area contributed by atoms with Crippen LogP contribution in [0.25, 0.3) is 11.1 Å². The molecule has 168 valence electrons. The third kappa shape index (κ3) is 4.67. The summed E-state index contributed by atoms with van der Waals surface area (Å²) in [6.45, 7) is 2.92. The smallest absolute Gasteiger partial charge is 0.166 e. The Morgan fingerprint density at radius 3 is 2.59 bits per heavy atom. The Morgan fingerprint density at radius 1 is 1.12 bits per heavy atom. The minimum absolute atomic E-state index is 0.0919. The predicted molar refractivity (Wildman–Crippen MR) is 119 cm³/mol. The molecule has 1 saturated heterocycles. The standard InChI is InChI=1S/C23H23ClF2N4O2/c1-12(21-17(25)3-4-18(26)22(21)24)32-20-7-14(10-30-23(20)27)13-2-5-19(29-9-13)15-6-16(31)11-28-8-15/h2-5,7,9-10,12,15-16,28,31H,6,8,11H2,1H3,(H2,27,30)/t12?,15?,16-/m1/s1. The van der Waals surface area contributed by atoms with Crippen molar-refractivity contribution < 1.29 is 18.6 Å². The number of nitrogens with two attached hydrogens (primary N) is 1. The van der Waals surface area contributed by atoms with Gasteiger partial charge in [-0.25, -0.2) is 13.8 Å². The number of halogens is 3. The van der Waals surface area contributed by atoms with E-state index in [4.69, 9.17) is 22.1 Å². The normalized spacial score (nSPS) is 19.5. The molecule has 0 amide bonds. The summed E-state index contributed by atoms with van der Waals surface area (Å²) in [7, 11) is 0. The molecule has 2 unspecified atom stereocenters. The van der Waals surface area contributed by atoms with Crippen molar-refractivity contribution in [2.75, 3.05) is 18.8 Å². The Balaban J connectivity index is 1.56. The molecule has 4 N–H and O–H groups in total. The lowest BCUT2D eigenvalue weighted by Gasteiger charge is -2.26. The van der Waals surface area contributed by atoms with Gasteiger partial charge >= 0.3 is 0 Å². The molecule has 0 bridgehead atoms. The van der Waals surface area contributed by atoms with E-state index in [0.29, 0.717) is 18.5 Å². The first-order valence-corrected chi connectivity index (χ1v) is 10.6. The van der Waals surface area contributed by atoms with Gasteiger partial charge in [0.1, 0.15) is 17.7 Å². The SMILES string of the molecule is CC(Oc1cc(-c2ccc(C3CNC[C@H](O)C3)nc2)cnc1N)c1c(F)ccc(F)c1Cl. The fourth-order valence-electron chi connectivity index (χ4n) is 3.83. The number of rotatable bonds is 5. The number of hydrogen-bond acceptors (Lipinski definition) is 6. The van der Waals surface area contributed by atoms with Gasteiger partial charge in [-0.05, 0) is 37.6 Å². The molecular formula is C23H23ClF2N4O2. The maximum absolute atomic E-state index is 14.2. The summed E-state index contributed by atoms with van der Waals surface area (Å²) in [6.07, 6.45) is 2.70. The largest absolute Gasteiger partial charge is 0.482 e. The number of aliphatic hydroxyl groups excluding tert-OH is 1. The predicted octanol–water partition coefficient (Wildman–Crippen LogP) is 4.24. The van der Waals surface area contributed by atoms with Crippen LogP contribution in [0.5, 0.6) is 5.75 Å². The Bertz CT molecular complexity index is 1110. The molecule has 2 aromatic heterocycles. The quantitative estimate of drug-likeness (QED) is 0.493. The summed E-state index contributed by atoms with van der Waals surface area (Å²) < 4.78 is 33.8. The number of aliphatic hydroxyl groups is 1. The van der Waals surface area contributed by atoms with Crippen LogP contribution in [0, 0.1) is 11.6 Å². The van der Waals surface area contributed by atoms with Crippen LogP contribution in [0.3, 0.4) is 0 Å². The Morgan fingerprint density at radius 2 is 1.88 bits per heavy atom. The van der Waals surface area contributed by atoms with Crippen molar-refractivity contribution in [3.8, 4) is 16.9 Å². The van der Waals surface area contributed by atoms with E-state index in [1.807, 2.05) is 12.1 Å². The molecule has 4 rings (SSSR count). The highest BCUT2D eigenvalue weighted by atomic mass is 35.5. The van der Waals surface area contributed by atoms with E-state index in [1.165, 1.54) is 0 Å². The van der Waals surface area contributed by atoms with Crippen LogP contribution in [-0.4, -0.2) is 34.3 Å². The first-order valence-electron chi connectivity index (χ1n) is 10.2. The van der Waals surface area contributed by atoms with Crippen LogP contribution >= 0.6 is 11.6 Å². The van der Waals surface area contributed by atoms with E-state index in [1.54, 1.807) is 25.4 Å². The number of anilines is 1. The molecule has 0 spiro atoms. The summed E-state index contributed by atoms with van der Waals surface area (Å²) >= 11 is 5.94. The highest BCUT2D eigenvalue weighted by Gasteiger charge is 2.23. The van der Waals surface area contributed by atoms with Crippen molar-refractivity contribution in [3.63, 3.8) is 0 Å². The van der Waals surface area contributed by atoms with Crippen molar-refractivity contribution in [2.24, 2.45) is 0 Å². The van der Waals surface area contributed by atoms with Gasteiger partial charge in [0.2, 0.25) is 0 Å². The lowest BCUT2D eigenvalue weighted by atomic mass is 9.93. The number of nitrogen functional groups attached to an aromatic ring is 1. The Hall–Kier alpha value is -2.81. The second-order valence-corrected chi connectivity index (χ2v) is 8.22. The Labute approximate surface area is 189 Å². The molecule has 0 saturated carbocycles. The highest BCUT2D eigenvalue weighted by Crippen LogP contribution is 2.35. The van der Waals surface area contributed by atoms with Crippen LogP contribution in [-0.2, 0) is 0 Å². The van der Waals surface area contributed by atoms with Gasteiger partial charge in [0.15, 0.2) is 11.6 Å². The number of β-amino-alcohol motifs (C(OH)–C–C–N with tert-alkyl or cyclic N) is 1. The zero-order valence-corrected chi connectivity index (χ0v) is 18.1. The molecule has 1 aromatic carbocycles. The molecule has 1 aliphatic rings. The molecule has 1 aliphatic heterocycles. The number of piperidine rings is 1. The lowest BCUT2D eigenvalue weighted by molar-refractivity contribution is 0.131. The summed E-state index contributed by atoms with van der Waals surface area (Å²) in [6, 6.07) is 7.47. The monoisotopic (exact) mass is 460 g/mol. The van der Waals surface area contributed by atoms with Gasteiger partial charge in [0, 0.05) is 53.8 Å². The topological polar surface area (TPSA) is 93.3 Å². The molecular weight excluding hydrogens is 438 g/mol. The molecule has 0 radical (unpaired) electrons. The van der Waals surface area contributed by atoms with E-state index in [9.17, 15) is 13.9 Å². The molecule has 3 heterocycles. The molecule has 1 fully saturated rings. The molecule has 0 aliphatic carbocycles. The van der Waals surface area contributed by atoms with E-state index < -0.39 is 17.7 Å². The van der Waals surface area contributed by atoms with Crippen molar-refractivity contribution in [1.82, 2.24) is 15.3 Å². The number of ether oxygens (including phenoxy) is 1. The van der Waals surface area contributed by atoms with E-state index in [2.05, 4.69) is 15.3 Å². The second kappa shape index (κ2) is 9.36. The minimum atomic E-state index is -0.900. The minimum Gasteiger partial charge on any atom is -0.482 e. The number of hydrogen-bond donors (Lipinski definition) is 3. The summed E-state index contributed by atoms with van der Waals surface area (Å²) in [5.74, 6) is -0.930. The van der Waals surface area contributed by atoms with Crippen LogP contribution in [0.15, 0.2) is 42.7 Å². The lowest BCUT2D eigenvalue weighted by Crippen LogP contribution is -2.38. The van der Waals surface area contributed by atoms with Crippen molar-refractivity contribution in [1.29, 1.82) is 0 Å². The average molecular weight is 461 g/mol. The highest BCUT2D eigenvalue weighted by molar-refractivity contribution is 6.31. The molecule has 3 aromatic rings. The number of aromatic nitrogens is 2. The summed E-state index contributed by atoms with van der Waals surface area (Å²) in [5.41, 5.74) is 8.24. The van der Waals surface area contributed by atoms with Gasteiger partial charge in [-0.3, -0.25) is 4.98 Å². The maximum Gasteiger partial charge on any atom is 0.166 e. The second-order valence-electron chi connectivity index (χ2n) is 7.84. The Kier molecular flexibility index (Phi) is 6.55. The fourth-order valence-corrected chi connectivity index (χ4v) is 4.14. The molecule has 6 nitrogen and oxygen atoms in total. The molecule has 32 heavy (non-hydrogen) atoms. The average Bonchev–Trinajstić information content (AvgIpc) is 2.78. The van der Waals surface area contributed by atoms with Gasteiger partial charge in [-0.2, -0.15) is 0 Å². The third-order valence-corrected chi connectivity index (χ3v) is 5.92. The van der Waals surface area contributed by atoms with Gasteiger partial charge in [-0.1, -0.05) is 17.7 Å². The van der Waals surface area contributed by atoms with E-state index >= 15 is 0 Å². The number of nitrogens with zero attached hydrogens (tertiary/aromatic N) is 2.